The summed E-state index contributed by atoms with van der Waals surface area (Å²) >= 11 is 1.57. The fraction of sp³-hybridized carbons (Fsp3) is 0. The highest BCUT2D eigenvalue weighted by atomic mass is 32.1. The number of non-ortho nitro benzene ring substituents is 1. The van der Waals surface area contributed by atoms with E-state index in [1.54, 1.807) is 23.5 Å². The van der Waals surface area contributed by atoms with Crippen LogP contribution in [0.15, 0.2) is 55.1 Å². The molecule has 0 N–H and O–H groups in total. The number of fused-ring (bicyclic) bond motifs is 1. The predicted octanol–water partition coefficient (Wildman–Crippen LogP) is 4.27. The highest BCUT2D eigenvalue weighted by Crippen LogP contribution is 2.30. The molecule has 3 aromatic rings. The average molecular weight is 282 g/mol. The third kappa shape index (κ3) is 2.19. The maximum atomic E-state index is 10.6. The van der Waals surface area contributed by atoms with Crippen LogP contribution in [0.25, 0.3) is 15.8 Å². The third-order valence-electron chi connectivity index (χ3n) is 2.98. The van der Waals surface area contributed by atoms with Crippen molar-refractivity contribution in [2.75, 3.05) is 0 Å². The Hall–Kier alpha value is -2.53. The molecule has 0 amide bonds. The van der Waals surface area contributed by atoms with Crippen LogP contribution >= 0.6 is 11.3 Å². The van der Waals surface area contributed by atoms with Crippen molar-refractivity contribution < 1.29 is 4.92 Å². The summed E-state index contributed by atoms with van der Waals surface area (Å²) in [5.74, 6) is 0. The molecule has 2 aromatic carbocycles. The average Bonchev–Trinajstić information content (AvgIpc) is 2.90. The normalized spacial score (nSPS) is 10.6. The fourth-order valence-electron chi connectivity index (χ4n) is 1.91. The maximum Gasteiger partial charge on any atom is 0.269 e. The highest BCUT2D eigenvalue weighted by Gasteiger charge is 2.10. The molecule has 0 spiro atoms. The molecule has 3 rings (SSSR count). The first kappa shape index (κ1) is 12.5. The van der Waals surface area contributed by atoms with Gasteiger partial charge < -0.3 is 0 Å². The third-order valence-corrected chi connectivity index (χ3v) is 4.07. The van der Waals surface area contributed by atoms with Crippen molar-refractivity contribution in [1.29, 1.82) is 0 Å². The van der Waals surface area contributed by atoms with E-state index in [1.807, 2.05) is 24.3 Å². The lowest BCUT2D eigenvalue weighted by atomic mass is 10.1. The number of nitro groups is 1. The first-order chi connectivity index (χ1) is 9.65. The number of hydrogen-bond acceptors (Lipinski definition) is 4. The first-order valence-corrected chi connectivity index (χ1v) is 6.76. The van der Waals surface area contributed by atoms with Crippen LogP contribution in [-0.4, -0.2) is 9.91 Å². The number of thiazole rings is 1. The number of nitrogens with zero attached hydrogens (tertiary/aromatic N) is 2. The second-order valence-corrected chi connectivity index (χ2v) is 5.30. The van der Waals surface area contributed by atoms with Gasteiger partial charge in [0, 0.05) is 17.7 Å². The van der Waals surface area contributed by atoms with Crippen molar-refractivity contribution in [3.05, 3.63) is 75.8 Å². The van der Waals surface area contributed by atoms with Crippen LogP contribution in [-0.2, 0) is 0 Å². The molecular formula is C15H10N2O2S. The fourth-order valence-corrected chi connectivity index (χ4v) is 2.87. The standard InChI is InChI=1S/C15H10N2O2S/c1-10(11-6-8-12(9-7-11)17(18)19)15-16-13-4-2-3-5-14(13)20-15/h2-9H,1H2. The van der Waals surface area contributed by atoms with E-state index in [1.165, 1.54) is 12.1 Å². The summed E-state index contributed by atoms with van der Waals surface area (Å²) in [6.45, 7) is 4.04. The minimum Gasteiger partial charge on any atom is -0.258 e. The molecule has 0 saturated carbocycles. The van der Waals surface area contributed by atoms with Crippen LogP contribution in [0, 0.1) is 10.1 Å². The Kier molecular flexibility index (Phi) is 3.04. The number of para-hydroxylation sites is 1. The summed E-state index contributed by atoms with van der Waals surface area (Å²) in [4.78, 5) is 14.8. The van der Waals surface area contributed by atoms with E-state index in [2.05, 4.69) is 11.6 Å². The largest absolute Gasteiger partial charge is 0.269 e. The van der Waals surface area contributed by atoms with Gasteiger partial charge in [-0.15, -0.1) is 11.3 Å². The van der Waals surface area contributed by atoms with Gasteiger partial charge in [0.2, 0.25) is 0 Å². The molecule has 20 heavy (non-hydrogen) atoms. The van der Waals surface area contributed by atoms with E-state index in [0.717, 1.165) is 26.4 Å². The summed E-state index contributed by atoms with van der Waals surface area (Å²) in [7, 11) is 0. The van der Waals surface area contributed by atoms with Crippen LogP contribution in [0.1, 0.15) is 10.6 Å². The molecule has 0 aliphatic rings. The van der Waals surface area contributed by atoms with Crippen molar-refractivity contribution in [2.24, 2.45) is 0 Å². The molecule has 0 radical (unpaired) electrons. The quantitative estimate of drug-likeness (QED) is 0.532. The second kappa shape index (κ2) is 4.86. The summed E-state index contributed by atoms with van der Waals surface area (Å²) in [5, 5.41) is 11.5. The molecule has 0 fully saturated rings. The van der Waals surface area contributed by atoms with Crippen molar-refractivity contribution in [3.8, 4) is 0 Å². The Morgan fingerprint density at radius 3 is 2.50 bits per heavy atom. The van der Waals surface area contributed by atoms with Crippen molar-refractivity contribution in [3.63, 3.8) is 0 Å². The molecule has 1 heterocycles. The van der Waals surface area contributed by atoms with Gasteiger partial charge in [-0.05, 0) is 29.8 Å². The summed E-state index contributed by atoms with van der Waals surface area (Å²) < 4.78 is 1.10. The van der Waals surface area contributed by atoms with Gasteiger partial charge in [0.05, 0.1) is 15.1 Å². The molecule has 0 unspecified atom stereocenters. The SMILES string of the molecule is C=C(c1ccc([N+](=O)[O-])cc1)c1nc2ccccc2s1. The van der Waals surface area contributed by atoms with Crippen molar-refractivity contribution in [1.82, 2.24) is 4.98 Å². The van der Waals surface area contributed by atoms with Gasteiger partial charge >= 0.3 is 0 Å². The predicted molar refractivity (Wildman–Crippen MR) is 80.9 cm³/mol. The summed E-state index contributed by atoms with van der Waals surface area (Å²) in [6, 6.07) is 14.2. The number of aromatic nitrogens is 1. The van der Waals surface area contributed by atoms with E-state index < -0.39 is 4.92 Å². The smallest absolute Gasteiger partial charge is 0.258 e. The maximum absolute atomic E-state index is 10.6. The number of nitro benzene ring substituents is 1. The molecule has 1 aromatic heterocycles. The topological polar surface area (TPSA) is 56.0 Å². The number of rotatable bonds is 3. The van der Waals surface area contributed by atoms with Crippen LogP contribution in [0.4, 0.5) is 5.69 Å². The molecule has 0 bridgehead atoms. The lowest BCUT2D eigenvalue weighted by molar-refractivity contribution is -0.384. The van der Waals surface area contributed by atoms with Crippen LogP contribution < -0.4 is 0 Å². The van der Waals surface area contributed by atoms with Crippen molar-refractivity contribution >= 4 is 32.8 Å². The minimum absolute atomic E-state index is 0.0749. The van der Waals surface area contributed by atoms with Gasteiger partial charge in [-0.25, -0.2) is 4.98 Å². The van der Waals surface area contributed by atoms with Crippen LogP contribution in [0.2, 0.25) is 0 Å². The zero-order valence-electron chi connectivity index (χ0n) is 10.4. The van der Waals surface area contributed by atoms with E-state index in [4.69, 9.17) is 0 Å². The van der Waals surface area contributed by atoms with E-state index in [-0.39, 0.29) is 5.69 Å². The Balaban J connectivity index is 1.97. The molecular weight excluding hydrogens is 272 g/mol. The summed E-state index contributed by atoms with van der Waals surface area (Å²) in [6.07, 6.45) is 0. The van der Waals surface area contributed by atoms with E-state index >= 15 is 0 Å². The van der Waals surface area contributed by atoms with Gasteiger partial charge in [0.15, 0.2) is 0 Å². The molecule has 0 saturated heterocycles. The molecule has 98 valence electrons. The zero-order valence-corrected chi connectivity index (χ0v) is 11.3. The molecule has 0 aliphatic heterocycles. The van der Waals surface area contributed by atoms with Gasteiger partial charge in [-0.3, -0.25) is 10.1 Å². The van der Waals surface area contributed by atoms with Crippen molar-refractivity contribution in [2.45, 2.75) is 0 Å². The second-order valence-electron chi connectivity index (χ2n) is 4.27. The Morgan fingerprint density at radius 2 is 1.85 bits per heavy atom. The molecule has 5 heteroatoms. The number of benzene rings is 2. The van der Waals surface area contributed by atoms with Gasteiger partial charge in [0.25, 0.3) is 5.69 Å². The first-order valence-electron chi connectivity index (χ1n) is 5.95. The Labute approximate surface area is 119 Å². The molecule has 4 nitrogen and oxygen atoms in total. The number of hydrogen-bond donors (Lipinski definition) is 0. The Morgan fingerprint density at radius 1 is 1.15 bits per heavy atom. The molecule has 0 aliphatic carbocycles. The van der Waals surface area contributed by atoms with Gasteiger partial charge in [-0.1, -0.05) is 18.7 Å². The van der Waals surface area contributed by atoms with Gasteiger partial charge in [0.1, 0.15) is 5.01 Å². The lowest BCUT2D eigenvalue weighted by Crippen LogP contribution is -1.89. The highest BCUT2D eigenvalue weighted by molar-refractivity contribution is 7.19. The van der Waals surface area contributed by atoms with E-state index in [0.29, 0.717) is 0 Å². The van der Waals surface area contributed by atoms with Gasteiger partial charge in [-0.2, -0.15) is 0 Å². The zero-order chi connectivity index (χ0) is 14.1. The van der Waals surface area contributed by atoms with Crippen LogP contribution in [0.5, 0.6) is 0 Å². The monoisotopic (exact) mass is 282 g/mol. The molecule has 0 atom stereocenters. The van der Waals surface area contributed by atoms with E-state index in [9.17, 15) is 10.1 Å². The lowest BCUT2D eigenvalue weighted by Gasteiger charge is -2.01. The van der Waals surface area contributed by atoms with Crippen LogP contribution in [0.3, 0.4) is 0 Å². The Bertz CT molecular complexity index is 773. The minimum atomic E-state index is -0.412. The summed E-state index contributed by atoms with van der Waals surface area (Å²) in [5.41, 5.74) is 2.64.